The largest absolute Gasteiger partial charge is 0.494 e. The van der Waals surface area contributed by atoms with Crippen LogP contribution in [-0.2, 0) is 17.8 Å². The summed E-state index contributed by atoms with van der Waals surface area (Å²) in [4.78, 5) is 16.5. The predicted molar refractivity (Wildman–Crippen MR) is 131 cm³/mol. The third-order valence-corrected chi connectivity index (χ3v) is 5.70. The summed E-state index contributed by atoms with van der Waals surface area (Å²) < 4.78 is 8.27. The molecule has 1 aromatic heterocycles. The lowest BCUT2D eigenvalue weighted by molar-refractivity contribution is -0.121. The van der Waals surface area contributed by atoms with Crippen molar-refractivity contribution in [2.24, 2.45) is 0 Å². The second-order valence-electron chi connectivity index (χ2n) is 8.65. The minimum absolute atomic E-state index is 0.139. The van der Waals surface area contributed by atoms with Gasteiger partial charge in [0.05, 0.1) is 17.6 Å². The number of carbonyl (C=O) groups is 1. The number of hydrogen-bond donors (Lipinski definition) is 1. The van der Waals surface area contributed by atoms with Crippen molar-refractivity contribution in [1.82, 2.24) is 14.9 Å². The van der Waals surface area contributed by atoms with Gasteiger partial charge in [-0.3, -0.25) is 4.79 Å². The van der Waals surface area contributed by atoms with Crippen molar-refractivity contribution in [3.63, 3.8) is 0 Å². The highest BCUT2D eigenvalue weighted by molar-refractivity contribution is 5.76. The van der Waals surface area contributed by atoms with E-state index in [0.29, 0.717) is 25.5 Å². The number of hydrogen-bond acceptors (Lipinski definition) is 3. The Labute approximate surface area is 192 Å². The van der Waals surface area contributed by atoms with Crippen molar-refractivity contribution in [2.45, 2.75) is 71.8 Å². The smallest absolute Gasteiger partial charge is 0.219 e. The molecule has 5 nitrogen and oxygen atoms in total. The number of ether oxygens (including phenoxy) is 1. The zero-order valence-corrected chi connectivity index (χ0v) is 19.8. The van der Waals surface area contributed by atoms with Gasteiger partial charge in [-0.1, -0.05) is 45.0 Å². The van der Waals surface area contributed by atoms with Crippen LogP contribution >= 0.6 is 0 Å². The van der Waals surface area contributed by atoms with E-state index in [1.165, 1.54) is 11.1 Å². The highest BCUT2D eigenvalue weighted by Crippen LogP contribution is 2.20. The van der Waals surface area contributed by atoms with Gasteiger partial charge in [0.2, 0.25) is 5.91 Å². The van der Waals surface area contributed by atoms with Crippen LogP contribution in [0.1, 0.15) is 70.2 Å². The molecule has 0 fully saturated rings. The van der Waals surface area contributed by atoms with Gasteiger partial charge in [-0.2, -0.15) is 0 Å². The molecule has 0 saturated carbocycles. The highest BCUT2D eigenvalue weighted by Gasteiger charge is 2.10. The van der Waals surface area contributed by atoms with Crippen LogP contribution in [0.15, 0.2) is 48.5 Å². The van der Waals surface area contributed by atoms with Gasteiger partial charge in [-0.05, 0) is 61.4 Å². The summed E-state index contributed by atoms with van der Waals surface area (Å²) in [5.74, 6) is 2.71. The molecule has 0 aliphatic heterocycles. The lowest BCUT2D eigenvalue weighted by Gasteiger charge is -2.11. The number of rotatable bonds is 13. The minimum atomic E-state index is 0.139. The second-order valence-corrected chi connectivity index (χ2v) is 8.65. The lowest BCUT2D eigenvalue weighted by Crippen LogP contribution is -2.24. The summed E-state index contributed by atoms with van der Waals surface area (Å²) in [7, 11) is 0. The fourth-order valence-electron chi connectivity index (χ4n) is 3.87. The van der Waals surface area contributed by atoms with Crippen molar-refractivity contribution in [3.05, 3.63) is 59.9 Å². The molecule has 0 aliphatic carbocycles. The van der Waals surface area contributed by atoms with Crippen LogP contribution in [0.25, 0.3) is 11.0 Å². The maximum absolute atomic E-state index is 11.7. The number of aromatic nitrogens is 2. The fraction of sp³-hybridized carbons (Fsp3) is 0.481. The Kier molecular flexibility index (Phi) is 9.14. The average molecular weight is 436 g/mol. The SMILES string of the molecule is CCCC(=O)NCCCc1nc2ccccc2n1CCCCOc1ccc(C(C)C)cc1. The van der Waals surface area contributed by atoms with E-state index in [-0.39, 0.29) is 5.91 Å². The topological polar surface area (TPSA) is 56.2 Å². The molecule has 1 amide bonds. The number of imidazole rings is 1. The Morgan fingerprint density at radius 3 is 2.59 bits per heavy atom. The van der Waals surface area contributed by atoms with Crippen molar-refractivity contribution < 1.29 is 9.53 Å². The first-order chi connectivity index (χ1) is 15.6. The normalized spacial score (nSPS) is 11.2. The second kappa shape index (κ2) is 12.3. The Hall–Kier alpha value is -2.82. The highest BCUT2D eigenvalue weighted by atomic mass is 16.5. The Balaban J connectivity index is 1.49. The predicted octanol–water partition coefficient (Wildman–Crippen LogP) is 5.87. The van der Waals surface area contributed by atoms with Crippen molar-refractivity contribution in [2.75, 3.05) is 13.2 Å². The third-order valence-electron chi connectivity index (χ3n) is 5.70. The van der Waals surface area contributed by atoms with E-state index in [9.17, 15) is 4.79 Å². The van der Waals surface area contributed by atoms with Crippen molar-refractivity contribution in [1.29, 1.82) is 0 Å². The summed E-state index contributed by atoms with van der Waals surface area (Å²) in [6.45, 7) is 8.76. The Morgan fingerprint density at radius 1 is 1.06 bits per heavy atom. The number of unbranched alkanes of at least 4 members (excludes halogenated alkanes) is 1. The van der Waals surface area contributed by atoms with E-state index in [1.54, 1.807) is 0 Å². The van der Waals surface area contributed by atoms with Gasteiger partial charge in [0.1, 0.15) is 11.6 Å². The molecule has 0 bridgehead atoms. The minimum Gasteiger partial charge on any atom is -0.494 e. The summed E-state index contributed by atoms with van der Waals surface area (Å²) in [5, 5.41) is 3.00. The van der Waals surface area contributed by atoms with Crippen LogP contribution in [0.5, 0.6) is 5.75 Å². The number of benzene rings is 2. The third kappa shape index (κ3) is 6.84. The molecule has 172 valence electrons. The molecule has 32 heavy (non-hydrogen) atoms. The Morgan fingerprint density at radius 2 is 1.84 bits per heavy atom. The summed E-state index contributed by atoms with van der Waals surface area (Å²) in [6.07, 6.45) is 5.26. The van der Waals surface area contributed by atoms with Gasteiger partial charge in [0.15, 0.2) is 0 Å². The van der Waals surface area contributed by atoms with Gasteiger partial charge >= 0.3 is 0 Å². The van der Waals surface area contributed by atoms with Crippen LogP contribution in [-0.4, -0.2) is 28.6 Å². The van der Waals surface area contributed by atoms with E-state index in [1.807, 2.05) is 13.0 Å². The number of aryl methyl sites for hydroxylation is 2. The standard InChI is InChI=1S/C27H37N3O2/c1-4-10-27(31)28-18-9-13-26-29-24-11-5-6-12-25(24)30(26)19-7-8-20-32-23-16-14-22(15-17-23)21(2)3/h5-6,11-12,14-17,21H,4,7-10,13,18-20H2,1-3H3,(H,28,31). The number of nitrogens with one attached hydrogen (secondary N) is 1. The van der Waals surface area contributed by atoms with Gasteiger partial charge in [-0.15, -0.1) is 0 Å². The van der Waals surface area contributed by atoms with E-state index in [2.05, 4.69) is 66.2 Å². The number of carbonyl (C=O) groups excluding carboxylic acids is 1. The molecule has 1 N–H and O–H groups in total. The first-order valence-corrected chi connectivity index (χ1v) is 12.0. The summed E-state index contributed by atoms with van der Waals surface area (Å²) >= 11 is 0. The maximum Gasteiger partial charge on any atom is 0.219 e. The average Bonchev–Trinajstić information content (AvgIpc) is 3.14. The number of amides is 1. The fourth-order valence-corrected chi connectivity index (χ4v) is 3.87. The van der Waals surface area contributed by atoms with E-state index >= 15 is 0 Å². The van der Waals surface area contributed by atoms with Crippen molar-refractivity contribution >= 4 is 16.9 Å². The molecular weight excluding hydrogens is 398 g/mol. The molecule has 0 radical (unpaired) electrons. The van der Waals surface area contributed by atoms with Gasteiger partial charge in [0, 0.05) is 25.9 Å². The van der Waals surface area contributed by atoms with Gasteiger partial charge in [-0.25, -0.2) is 4.98 Å². The molecule has 3 rings (SSSR count). The number of para-hydroxylation sites is 2. The molecule has 0 saturated heterocycles. The van der Waals surface area contributed by atoms with E-state index < -0.39 is 0 Å². The first kappa shape index (κ1) is 23.8. The first-order valence-electron chi connectivity index (χ1n) is 12.0. The van der Waals surface area contributed by atoms with Crippen LogP contribution in [0.3, 0.4) is 0 Å². The zero-order chi connectivity index (χ0) is 22.8. The van der Waals surface area contributed by atoms with Crippen LogP contribution in [0, 0.1) is 0 Å². The zero-order valence-electron chi connectivity index (χ0n) is 19.8. The van der Waals surface area contributed by atoms with Crippen LogP contribution < -0.4 is 10.1 Å². The number of nitrogens with zero attached hydrogens (tertiary/aromatic N) is 2. The van der Waals surface area contributed by atoms with E-state index in [4.69, 9.17) is 9.72 Å². The number of fused-ring (bicyclic) bond motifs is 1. The molecular formula is C27H37N3O2. The van der Waals surface area contributed by atoms with Gasteiger partial charge in [0.25, 0.3) is 0 Å². The quantitative estimate of drug-likeness (QED) is 0.342. The molecule has 0 atom stereocenters. The van der Waals surface area contributed by atoms with Crippen LogP contribution in [0.4, 0.5) is 0 Å². The molecule has 2 aromatic carbocycles. The maximum atomic E-state index is 11.7. The van der Waals surface area contributed by atoms with E-state index in [0.717, 1.165) is 55.7 Å². The summed E-state index contributed by atoms with van der Waals surface area (Å²) in [6, 6.07) is 16.7. The molecule has 3 aromatic rings. The summed E-state index contributed by atoms with van der Waals surface area (Å²) in [5.41, 5.74) is 3.56. The lowest BCUT2D eigenvalue weighted by atomic mass is 10.0. The van der Waals surface area contributed by atoms with Crippen molar-refractivity contribution in [3.8, 4) is 5.75 Å². The molecule has 5 heteroatoms. The van der Waals surface area contributed by atoms with Gasteiger partial charge < -0.3 is 14.6 Å². The van der Waals surface area contributed by atoms with Crippen LogP contribution in [0.2, 0.25) is 0 Å². The molecule has 1 heterocycles. The molecule has 0 spiro atoms. The molecule has 0 unspecified atom stereocenters. The molecule has 0 aliphatic rings. The Bertz CT molecular complexity index is 976. The monoisotopic (exact) mass is 435 g/mol.